The third-order valence-corrected chi connectivity index (χ3v) is 3.42. The molecular formula is C12H20O2. The van der Waals surface area contributed by atoms with Gasteiger partial charge in [-0.25, -0.2) is 9.78 Å². The first-order valence-electron chi connectivity index (χ1n) is 5.83. The highest BCUT2D eigenvalue weighted by Crippen LogP contribution is 2.34. The summed E-state index contributed by atoms with van der Waals surface area (Å²) in [6.45, 7) is 3.73. The van der Waals surface area contributed by atoms with E-state index in [1.54, 1.807) is 0 Å². The topological polar surface area (TPSA) is 18.5 Å². The maximum Gasteiger partial charge on any atom is 0.0990 e. The van der Waals surface area contributed by atoms with Crippen molar-refractivity contribution in [1.29, 1.82) is 0 Å². The fourth-order valence-electron chi connectivity index (χ4n) is 2.59. The molecule has 0 bridgehead atoms. The predicted octanol–water partition coefficient (Wildman–Crippen LogP) is 3.23. The van der Waals surface area contributed by atoms with Gasteiger partial charge >= 0.3 is 0 Å². The van der Waals surface area contributed by atoms with Crippen LogP contribution in [0.1, 0.15) is 44.9 Å². The van der Waals surface area contributed by atoms with Gasteiger partial charge < -0.3 is 0 Å². The summed E-state index contributed by atoms with van der Waals surface area (Å²) < 4.78 is 0. The van der Waals surface area contributed by atoms with Crippen molar-refractivity contribution in [3.05, 3.63) is 12.7 Å². The number of rotatable bonds is 3. The van der Waals surface area contributed by atoms with Crippen LogP contribution in [0.25, 0.3) is 0 Å². The summed E-state index contributed by atoms with van der Waals surface area (Å²) in [6, 6.07) is 0. The van der Waals surface area contributed by atoms with Crippen molar-refractivity contribution in [2.24, 2.45) is 5.92 Å². The van der Waals surface area contributed by atoms with E-state index in [2.05, 4.69) is 6.58 Å². The molecule has 2 heteroatoms. The summed E-state index contributed by atoms with van der Waals surface area (Å²) in [6.07, 6.45) is 11.3. The summed E-state index contributed by atoms with van der Waals surface area (Å²) in [4.78, 5) is 10.7. The zero-order valence-electron chi connectivity index (χ0n) is 8.78. The van der Waals surface area contributed by atoms with Crippen LogP contribution in [0.4, 0.5) is 0 Å². The van der Waals surface area contributed by atoms with Crippen LogP contribution < -0.4 is 0 Å². The molecule has 1 aliphatic carbocycles. The lowest BCUT2D eigenvalue weighted by molar-refractivity contribution is -0.304. The SMILES string of the molecule is C=CCC1CC(C2CCCCC2)OO1. The van der Waals surface area contributed by atoms with Gasteiger partial charge in [0.1, 0.15) is 0 Å². The van der Waals surface area contributed by atoms with Crippen molar-refractivity contribution < 1.29 is 9.78 Å². The van der Waals surface area contributed by atoms with Gasteiger partial charge in [-0.05, 0) is 25.2 Å². The maximum absolute atomic E-state index is 5.41. The van der Waals surface area contributed by atoms with Crippen molar-refractivity contribution in [3.8, 4) is 0 Å². The highest BCUT2D eigenvalue weighted by Gasteiger charge is 2.33. The van der Waals surface area contributed by atoms with Crippen LogP contribution in [0.15, 0.2) is 12.7 Å². The van der Waals surface area contributed by atoms with Gasteiger partial charge in [-0.1, -0.05) is 25.3 Å². The van der Waals surface area contributed by atoms with Gasteiger partial charge in [0.05, 0.1) is 12.2 Å². The summed E-state index contributed by atoms with van der Waals surface area (Å²) in [5, 5.41) is 0. The molecule has 2 atom stereocenters. The molecule has 2 nitrogen and oxygen atoms in total. The molecule has 2 aliphatic rings. The van der Waals surface area contributed by atoms with Crippen molar-refractivity contribution in [2.75, 3.05) is 0 Å². The van der Waals surface area contributed by atoms with E-state index in [4.69, 9.17) is 9.78 Å². The third kappa shape index (κ3) is 2.37. The normalized spacial score (nSPS) is 34.6. The Hall–Kier alpha value is -0.340. The first kappa shape index (κ1) is 10.2. The molecule has 0 amide bonds. The minimum absolute atomic E-state index is 0.263. The Morgan fingerprint density at radius 1 is 1.14 bits per heavy atom. The summed E-state index contributed by atoms with van der Waals surface area (Å²) in [7, 11) is 0. The summed E-state index contributed by atoms with van der Waals surface area (Å²) >= 11 is 0. The molecule has 0 N–H and O–H groups in total. The molecule has 2 rings (SSSR count). The molecule has 14 heavy (non-hydrogen) atoms. The van der Waals surface area contributed by atoms with Crippen LogP contribution >= 0.6 is 0 Å². The Bertz CT molecular complexity index is 185. The molecule has 1 saturated heterocycles. The molecule has 1 heterocycles. The van der Waals surface area contributed by atoms with Gasteiger partial charge in [0, 0.05) is 6.42 Å². The number of hydrogen-bond acceptors (Lipinski definition) is 2. The van der Waals surface area contributed by atoms with Gasteiger partial charge in [-0.15, -0.1) is 6.58 Å². The fourth-order valence-corrected chi connectivity index (χ4v) is 2.59. The van der Waals surface area contributed by atoms with E-state index in [0.717, 1.165) is 18.8 Å². The van der Waals surface area contributed by atoms with Crippen molar-refractivity contribution >= 4 is 0 Å². The Kier molecular flexibility index (Phi) is 3.60. The summed E-state index contributed by atoms with van der Waals surface area (Å²) in [5.41, 5.74) is 0. The van der Waals surface area contributed by atoms with Gasteiger partial charge in [0.15, 0.2) is 0 Å². The summed E-state index contributed by atoms with van der Waals surface area (Å²) in [5.74, 6) is 0.749. The molecule has 0 radical (unpaired) electrons. The van der Waals surface area contributed by atoms with Gasteiger partial charge in [-0.2, -0.15) is 0 Å². The van der Waals surface area contributed by atoms with Crippen molar-refractivity contribution in [2.45, 2.75) is 57.2 Å². The van der Waals surface area contributed by atoms with E-state index >= 15 is 0 Å². The van der Waals surface area contributed by atoms with Gasteiger partial charge in [0.25, 0.3) is 0 Å². The molecular weight excluding hydrogens is 176 g/mol. The first-order valence-corrected chi connectivity index (χ1v) is 5.83. The van der Waals surface area contributed by atoms with Crippen LogP contribution in [0, 0.1) is 5.92 Å². The van der Waals surface area contributed by atoms with E-state index in [1.165, 1.54) is 32.1 Å². The molecule has 80 valence electrons. The smallest absolute Gasteiger partial charge is 0.0990 e. The van der Waals surface area contributed by atoms with Crippen LogP contribution in [0.3, 0.4) is 0 Å². The van der Waals surface area contributed by atoms with Gasteiger partial charge in [0.2, 0.25) is 0 Å². The molecule has 0 spiro atoms. The van der Waals surface area contributed by atoms with Crippen LogP contribution in [-0.2, 0) is 9.78 Å². The van der Waals surface area contributed by atoms with Crippen LogP contribution in [0.2, 0.25) is 0 Å². The van der Waals surface area contributed by atoms with Gasteiger partial charge in [-0.3, -0.25) is 0 Å². The second kappa shape index (κ2) is 4.94. The average Bonchev–Trinajstić information content (AvgIpc) is 2.68. The minimum Gasteiger partial charge on any atom is -0.233 e. The van der Waals surface area contributed by atoms with E-state index in [9.17, 15) is 0 Å². The standard InChI is InChI=1S/C12H20O2/c1-2-6-11-9-12(14-13-11)10-7-4-3-5-8-10/h2,10-12H,1,3-9H2. The molecule has 1 saturated carbocycles. The lowest BCUT2D eigenvalue weighted by Gasteiger charge is -2.24. The fraction of sp³-hybridized carbons (Fsp3) is 0.833. The van der Waals surface area contributed by atoms with E-state index < -0.39 is 0 Å². The monoisotopic (exact) mass is 196 g/mol. The maximum atomic E-state index is 5.41. The Balaban J connectivity index is 1.78. The van der Waals surface area contributed by atoms with E-state index in [-0.39, 0.29) is 6.10 Å². The first-order chi connectivity index (χ1) is 6.90. The second-order valence-corrected chi connectivity index (χ2v) is 4.51. The Morgan fingerprint density at radius 2 is 1.93 bits per heavy atom. The highest BCUT2D eigenvalue weighted by atomic mass is 17.2. The predicted molar refractivity (Wildman–Crippen MR) is 55.8 cm³/mol. The minimum atomic E-state index is 0.263. The Labute approximate surface area is 86.2 Å². The molecule has 0 aromatic heterocycles. The average molecular weight is 196 g/mol. The van der Waals surface area contributed by atoms with E-state index in [0.29, 0.717) is 6.10 Å². The molecule has 0 aromatic carbocycles. The van der Waals surface area contributed by atoms with Crippen molar-refractivity contribution in [3.63, 3.8) is 0 Å². The van der Waals surface area contributed by atoms with Crippen LogP contribution in [-0.4, -0.2) is 12.2 Å². The van der Waals surface area contributed by atoms with E-state index in [1.807, 2.05) is 6.08 Å². The molecule has 2 fully saturated rings. The third-order valence-electron chi connectivity index (χ3n) is 3.42. The molecule has 2 unspecified atom stereocenters. The quantitative estimate of drug-likeness (QED) is 0.509. The zero-order chi connectivity index (χ0) is 9.80. The highest BCUT2D eigenvalue weighted by molar-refractivity contribution is 4.82. The molecule has 0 aromatic rings. The van der Waals surface area contributed by atoms with Crippen LogP contribution in [0.5, 0.6) is 0 Å². The lowest BCUT2D eigenvalue weighted by atomic mass is 9.83. The number of hydrogen-bond donors (Lipinski definition) is 0. The van der Waals surface area contributed by atoms with Crippen molar-refractivity contribution in [1.82, 2.24) is 0 Å². The zero-order valence-corrected chi connectivity index (χ0v) is 8.78. The Morgan fingerprint density at radius 3 is 2.64 bits per heavy atom. The lowest BCUT2D eigenvalue weighted by Crippen LogP contribution is -2.22. The largest absolute Gasteiger partial charge is 0.233 e. The second-order valence-electron chi connectivity index (χ2n) is 4.51. The molecule has 1 aliphatic heterocycles.